The Kier molecular flexibility index (Phi) is 4.79. The van der Waals surface area contributed by atoms with Gasteiger partial charge >= 0.3 is 0 Å². The van der Waals surface area contributed by atoms with Crippen molar-refractivity contribution in [2.45, 2.75) is 12.8 Å². The number of nitrogens with one attached hydrogen (secondary N) is 2. The number of hydrogen-bond donors (Lipinski definition) is 2. The molecule has 0 atom stereocenters. The SMILES string of the molecule is O=C(Nc1cc(F)c(I)c(F)c1)c1cccc(NC(=O)C2CC2)c1. The van der Waals surface area contributed by atoms with Crippen LogP contribution < -0.4 is 10.6 Å². The van der Waals surface area contributed by atoms with Crippen LogP contribution in [-0.2, 0) is 4.79 Å². The maximum absolute atomic E-state index is 13.5. The van der Waals surface area contributed by atoms with Crippen LogP contribution in [0.4, 0.5) is 20.2 Å². The van der Waals surface area contributed by atoms with Gasteiger partial charge in [0.1, 0.15) is 11.6 Å². The number of benzene rings is 2. The molecule has 24 heavy (non-hydrogen) atoms. The van der Waals surface area contributed by atoms with E-state index in [2.05, 4.69) is 10.6 Å². The third-order valence-electron chi connectivity index (χ3n) is 3.58. The van der Waals surface area contributed by atoms with E-state index in [9.17, 15) is 18.4 Å². The van der Waals surface area contributed by atoms with Crippen LogP contribution in [0.5, 0.6) is 0 Å². The van der Waals surface area contributed by atoms with Crippen LogP contribution in [0, 0.1) is 21.1 Å². The lowest BCUT2D eigenvalue weighted by atomic mass is 10.1. The number of amides is 2. The van der Waals surface area contributed by atoms with Gasteiger partial charge < -0.3 is 10.6 Å². The van der Waals surface area contributed by atoms with E-state index in [0.717, 1.165) is 25.0 Å². The van der Waals surface area contributed by atoms with Gasteiger partial charge in [0.15, 0.2) is 0 Å². The number of hydrogen-bond acceptors (Lipinski definition) is 2. The number of carbonyl (C=O) groups is 2. The minimum absolute atomic E-state index is 0.0304. The summed E-state index contributed by atoms with van der Waals surface area (Å²) in [6, 6.07) is 8.51. The highest BCUT2D eigenvalue weighted by molar-refractivity contribution is 14.1. The second kappa shape index (κ2) is 6.84. The first-order valence-electron chi connectivity index (χ1n) is 7.31. The Hall–Kier alpha value is -2.03. The molecule has 2 aromatic rings. The first-order chi connectivity index (χ1) is 11.4. The van der Waals surface area contributed by atoms with Crippen LogP contribution in [0.15, 0.2) is 36.4 Å². The van der Waals surface area contributed by atoms with Gasteiger partial charge in [-0.25, -0.2) is 8.78 Å². The summed E-state index contributed by atoms with van der Waals surface area (Å²) >= 11 is 1.55. The van der Waals surface area contributed by atoms with Gasteiger partial charge in [-0.3, -0.25) is 9.59 Å². The third kappa shape index (κ3) is 3.89. The fourth-order valence-corrected chi connectivity index (χ4v) is 2.47. The molecule has 2 amide bonds. The molecule has 0 bridgehead atoms. The van der Waals surface area contributed by atoms with E-state index in [-0.39, 0.29) is 26.6 Å². The Labute approximate surface area is 150 Å². The fraction of sp³-hybridized carbons (Fsp3) is 0.176. The summed E-state index contributed by atoms with van der Waals surface area (Å²) in [4.78, 5) is 24.0. The minimum atomic E-state index is -0.739. The summed E-state index contributed by atoms with van der Waals surface area (Å²) in [7, 11) is 0. The van der Waals surface area contributed by atoms with Crippen molar-refractivity contribution in [3.05, 3.63) is 57.2 Å². The molecule has 3 rings (SSSR count). The topological polar surface area (TPSA) is 58.2 Å². The predicted octanol–water partition coefficient (Wildman–Crippen LogP) is 4.17. The standard InChI is InChI=1S/C17H13F2IN2O2/c18-13-7-12(8-14(19)15(13)20)22-17(24)10-2-1-3-11(6-10)21-16(23)9-4-5-9/h1-3,6-9H,4-5H2,(H,21,23)(H,22,24). The number of rotatable bonds is 4. The summed E-state index contributed by atoms with van der Waals surface area (Å²) in [5.41, 5.74) is 0.824. The molecule has 4 nitrogen and oxygen atoms in total. The van der Waals surface area contributed by atoms with Crippen molar-refractivity contribution in [3.8, 4) is 0 Å². The van der Waals surface area contributed by atoms with Gasteiger partial charge in [0.25, 0.3) is 5.91 Å². The highest BCUT2D eigenvalue weighted by Gasteiger charge is 2.29. The molecule has 0 unspecified atom stereocenters. The molecule has 0 heterocycles. The molecular formula is C17H13F2IN2O2. The van der Waals surface area contributed by atoms with Gasteiger partial charge in [-0.05, 0) is 65.8 Å². The molecule has 1 fully saturated rings. The minimum Gasteiger partial charge on any atom is -0.326 e. The summed E-state index contributed by atoms with van der Waals surface area (Å²) in [6.07, 6.45) is 1.77. The van der Waals surface area contributed by atoms with Gasteiger partial charge in [0, 0.05) is 22.9 Å². The van der Waals surface area contributed by atoms with Crippen molar-refractivity contribution in [1.29, 1.82) is 0 Å². The molecule has 2 aromatic carbocycles. The largest absolute Gasteiger partial charge is 0.326 e. The van der Waals surface area contributed by atoms with Crippen LogP contribution in [0.3, 0.4) is 0 Å². The fourth-order valence-electron chi connectivity index (χ4n) is 2.16. The average molecular weight is 442 g/mol. The van der Waals surface area contributed by atoms with E-state index >= 15 is 0 Å². The van der Waals surface area contributed by atoms with E-state index in [1.54, 1.807) is 40.8 Å². The molecule has 0 spiro atoms. The van der Waals surface area contributed by atoms with Crippen molar-refractivity contribution in [3.63, 3.8) is 0 Å². The van der Waals surface area contributed by atoms with E-state index in [4.69, 9.17) is 0 Å². The highest BCUT2D eigenvalue weighted by atomic mass is 127. The summed E-state index contributed by atoms with van der Waals surface area (Å²) in [6.45, 7) is 0. The lowest BCUT2D eigenvalue weighted by molar-refractivity contribution is -0.117. The maximum atomic E-state index is 13.5. The van der Waals surface area contributed by atoms with Crippen molar-refractivity contribution in [1.82, 2.24) is 0 Å². The molecule has 2 N–H and O–H groups in total. The second-order valence-electron chi connectivity index (χ2n) is 5.55. The van der Waals surface area contributed by atoms with E-state index < -0.39 is 17.5 Å². The zero-order valence-corrected chi connectivity index (χ0v) is 14.6. The maximum Gasteiger partial charge on any atom is 0.255 e. The van der Waals surface area contributed by atoms with E-state index in [1.165, 1.54) is 6.07 Å². The van der Waals surface area contributed by atoms with Crippen LogP contribution in [0.25, 0.3) is 0 Å². The van der Waals surface area contributed by atoms with Crippen molar-refractivity contribution < 1.29 is 18.4 Å². The first-order valence-corrected chi connectivity index (χ1v) is 8.39. The monoisotopic (exact) mass is 442 g/mol. The summed E-state index contributed by atoms with van der Waals surface area (Å²) < 4.78 is 26.9. The van der Waals surface area contributed by atoms with E-state index in [0.29, 0.717) is 5.69 Å². The molecule has 1 aliphatic rings. The highest BCUT2D eigenvalue weighted by Crippen LogP contribution is 2.30. The Morgan fingerprint density at radius 1 is 1.00 bits per heavy atom. The van der Waals surface area contributed by atoms with E-state index in [1.807, 2.05) is 0 Å². The smallest absolute Gasteiger partial charge is 0.255 e. The molecule has 1 saturated carbocycles. The van der Waals surface area contributed by atoms with Crippen LogP contribution in [-0.4, -0.2) is 11.8 Å². The lowest BCUT2D eigenvalue weighted by Crippen LogP contribution is -2.15. The summed E-state index contributed by atoms with van der Waals surface area (Å²) in [5, 5.41) is 5.20. The first kappa shape index (κ1) is 16.8. The molecule has 0 aliphatic heterocycles. The molecular weight excluding hydrogens is 429 g/mol. The predicted molar refractivity (Wildman–Crippen MR) is 94.8 cm³/mol. The van der Waals surface area contributed by atoms with Gasteiger partial charge in [-0.2, -0.15) is 0 Å². The molecule has 124 valence electrons. The van der Waals surface area contributed by atoms with Crippen molar-refractivity contribution in [2.24, 2.45) is 5.92 Å². The summed E-state index contributed by atoms with van der Waals surface area (Å²) in [5.74, 6) is -2.00. The second-order valence-corrected chi connectivity index (χ2v) is 6.63. The zero-order valence-electron chi connectivity index (χ0n) is 12.4. The lowest BCUT2D eigenvalue weighted by Gasteiger charge is -2.09. The Bertz CT molecular complexity index is 799. The zero-order chi connectivity index (χ0) is 17.3. The van der Waals surface area contributed by atoms with Gasteiger partial charge in [-0.15, -0.1) is 0 Å². The molecule has 0 radical (unpaired) electrons. The number of halogens is 3. The van der Waals surface area contributed by atoms with Crippen LogP contribution in [0.1, 0.15) is 23.2 Å². The van der Waals surface area contributed by atoms with Crippen LogP contribution >= 0.6 is 22.6 Å². The van der Waals surface area contributed by atoms with Crippen molar-refractivity contribution in [2.75, 3.05) is 10.6 Å². The van der Waals surface area contributed by atoms with Crippen molar-refractivity contribution >= 4 is 45.8 Å². The van der Waals surface area contributed by atoms with Gasteiger partial charge in [0.2, 0.25) is 5.91 Å². The molecule has 7 heteroatoms. The Morgan fingerprint density at radius 3 is 2.29 bits per heavy atom. The quantitative estimate of drug-likeness (QED) is 0.552. The average Bonchev–Trinajstić information content (AvgIpc) is 3.37. The van der Waals surface area contributed by atoms with Gasteiger partial charge in [0.05, 0.1) is 3.57 Å². The molecule has 0 aromatic heterocycles. The molecule has 0 saturated heterocycles. The normalized spacial score (nSPS) is 13.5. The molecule has 1 aliphatic carbocycles. The van der Waals surface area contributed by atoms with Gasteiger partial charge in [-0.1, -0.05) is 6.07 Å². The third-order valence-corrected chi connectivity index (χ3v) is 4.61. The number of carbonyl (C=O) groups excluding carboxylic acids is 2. The van der Waals surface area contributed by atoms with Crippen LogP contribution in [0.2, 0.25) is 0 Å². The Morgan fingerprint density at radius 2 is 1.67 bits per heavy atom. The Balaban J connectivity index is 1.74. The number of anilines is 2.